The van der Waals surface area contributed by atoms with Crippen molar-refractivity contribution in [3.05, 3.63) is 0 Å². The quantitative estimate of drug-likeness (QED) is 0.498. The van der Waals surface area contributed by atoms with E-state index in [-0.39, 0.29) is 7.43 Å². The molecule has 1 nitrogen and oxygen atoms in total. The van der Waals surface area contributed by atoms with Crippen LogP contribution in [-0.4, -0.2) is 6.21 Å². The van der Waals surface area contributed by atoms with Crippen molar-refractivity contribution >= 4 is 6.21 Å². The summed E-state index contributed by atoms with van der Waals surface area (Å²) in [7, 11) is 0. The first-order valence-corrected chi connectivity index (χ1v) is 1.90. The minimum absolute atomic E-state index is 0. The van der Waals surface area contributed by atoms with Gasteiger partial charge in [-0.15, -0.1) is 0 Å². The fraction of sp³-hybridized carbons (Fsp3) is 0.800. The van der Waals surface area contributed by atoms with E-state index in [1.54, 1.807) is 0 Å². The normalized spacial score (nSPS) is 6.17. The Morgan fingerprint density at radius 2 is 2.17 bits per heavy atom. The molecule has 0 heterocycles. The lowest BCUT2D eigenvalue weighted by atomic mass is 10.4. The average Bonchev–Trinajstić information content (AvgIpc) is 1.41. The summed E-state index contributed by atoms with van der Waals surface area (Å²) in [6, 6.07) is 0. The zero-order chi connectivity index (χ0) is 4.12. The van der Waals surface area contributed by atoms with Crippen LogP contribution in [0.2, 0.25) is 0 Å². The van der Waals surface area contributed by atoms with Crippen LogP contribution in [0.1, 0.15) is 27.2 Å². The number of hydrogen-bond donors (Lipinski definition) is 1. The van der Waals surface area contributed by atoms with Crippen LogP contribution in [0.3, 0.4) is 0 Å². The van der Waals surface area contributed by atoms with Crippen molar-refractivity contribution in [2.75, 3.05) is 0 Å². The van der Waals surface area contributed by atoms with Crippen molar-refractivity contribution in [1.82, 2.24) is 0 Å². The molecule has 0 fully saturated rings. The standard InChI is InChI=1S/C4H9N.CH4/c1-2-3-4-5;/h4-5H,2-3H2,1H3;1H4. The Labute approximate surface area is 39.9 Å². The molecule has 0 aliphatic heterocycles. The van der Waals surface area contributed by atoms with Gasteiger partial charge in [0, 0.05) is 0 Å². The zero-order valence-corrected chi connectivity index (χ0v) is 3.49. The molecule has 0 amide bonds. The van der Waals surface area contributed by atoms with Crippen molar-refractivity contribution in [2.24, 2.45) is 0 Å². The zero-order valence-electron chi connectivity index (χ0n) is 3.49. The topological polar surface area (TPSA) is 23.9 Å². The molecule has 0 rings (SSSR count). The maximum absolute atomic E-state index is 6.48. The summed E-state index contributed by atoms with van der Waals surface area (Å²) in [4.78, 5) is 0. The van der Waals surface area contributed by atoms with Gasteiger partial charge in [-0.05, 0) is 12.6 Å². The molecule has 0 aromatic rings. The van der Waals surface area contributed by atoms with E-state index in [4.69, 9.17) is 5.41 Å². The summed E-state index contributed by atoms with van der Waals surface area (Å²) in [6.45, 7) is 2.06. The summed E-state index contributed by atoms with van der Waals surface area (Å²) < 4.78 is 0. The molecule has 0 radical (unpaired) electrons. The lowest BCUT2D eigenvalue weighted by Crippen LogP contribution is -1.63. The van der Waals surface area contributed by atoms with Gasteiger partial charge >= 0.3 is 0 Å². The fourth-order valence-electron chi connectivity index (χ4n) is 0.144. The van der Waals surface area contributed by atoms with Gasteiger partial charge in [0.2, 0.25) is 0 Å². The molecule has 1 N–H and O–H groups in total. The molecule has 6 heavy (non-hydrogen) atoms. The van der Waals surface area contributed by atoms with Gasteiger partial charge in [-0.25, -0.2) is 0 Å². The molecule has 0 bridgehead atoms. The Hall–Kier alpha value is -0.330. The maximum Gasteiger partial charge on any atom is -0.00479 e. The maximum atomic E-state index is 6.48. The second-order valence-electron chi connectivity index (χ2n) is 0.993. The van der Waals surface area contributed by atoms with Crippen molar-refractivity contribution in [3.63, 3.8) is 0 Å². The highest BCUT2D eigenvalue weighted by molar-refractivity contribution is 5.52. The molecule has 0 aliphatic carbocycles. The SMILES string of the molecule is C.CCCC=N. The van der Waals surface area contributed by atoms with Crippen molar-refractivity contribution in [1.29, 1.82) is 5.41 Å². The third-order valence-electron chi connectivity index (χ3n) is 0.433. The van der Waals surface area contributed by atoms with Crippen molar-refractivity contribution in [3.8, 4) is 0 Å². The highest BCUT2D eigenvalue weighted by Gasteiger charge is 1.63. The number of rotatable bonds is 2. The van der Waals surface area contributed by atoms with Gasteiger partial charge in [0.25, 0.3) is 0 Å². The third-order valence-corrected chi connectivity index (χ3v) is 0.433. The third kappa shape index (κ3) is 9.38. The Morgan fingerprint density at radius 3 is 2.17 bits per heavy atom. The van der Waals surface area contributed by atoms with E-state index >= 15 is 0 Å². The van der Waals surface area contributed by atoms with Gasteiger partial charge < -0.3 is 5.41 Å². The summed E-state index contributed by atoms with van der Waals surface area (Å²) in [5.74, 6) is 0. The number of hydrogen-bond acceptors (Lipinski definition) is 1. The van der Waals surface area contributed by atoms with Crippen molar-refractivity contribution in [2.45, 2.75) is 27.2 Å². The summed E-state index contributed by atoms with van der Waals surface area (Å²) in [5.41, 5.74) is 0. The Morgan fingerprint density at radius 1 is 1.67 bits per heavy atom. The highest BCUT2D eigenvalue weighted by atomic mass is 14.3. The van der Waals surface area contributed by atoms with Gasteiger partial charge in [-0.1, -0.05) is 20.8 Å². The predicted molar refractivity (Wildman–Crippen MR) is 30.4 cm³/mol. The van der Waals surface area contributed by atoms with Crippen LogP contribution < -0.4 is 0 Å². The van der Waals surface area contributed by atoms with Crippen LogP contribution in [0.25, 0.3) is 0 Å². The molecule has 0 aliphatic rings. The first-order valence-electron chi connectivity index (χ1n) is 1.90. The van der Waals surface area contributed by atoms with Crippen LogP contribution in [0.5, 0.6) is 0 Å². The first-order chi connectivity index (χ1) is 2.41. The Kier molecular flexibility index (Phi) is 13.5. The van der Waals surface area contributed by atoms with E-state index in [9.17, 15) is 0 Å². The first kappa shape index (κ1) is 9.18. The molecule has 0 spiro atoms. The van der Waals surface area contributed by atoms with Gasteiger partial charge in [-0.3, -0.25) is 0 Å². The summed E-state index contributed by atoms with van der Waals surface area (Å²) in [5, 5.41) is 6.48. The number of unbranched alkanes of at least 4 members (excludes halogenated alkanes) is 1. The minimum Gasteiger partial charge on any atom is -0.313 e. The van der Waals surface area contributed by atoms with Gasteiger partial charge in [0.05, 0.1) is 0 Å². The Balaban J connectivity index is 0. The second-order valence-corrected chi connectivity index (χ2v) is 0.993. The van der Waals surface area contributed by atoms with Crippen LogP contribution in [0.4, 0.5) is 0 Å². The van der Waals surface area contributed by atoms with E-state index in [2.05, 4.69) is 6.92 Å². The molecular formula is C5H13N. The second kappa shape index (κ2) is 8.82. The molecule has 0 aromatic carbocycles. The minimum atomic E-state index is 0. The highest BCUT2D eigenvalue weighted by Crippen LogP contribution is 1.75. The largest absolute Gasteiger partial charge is 0.313 e. The van der Waals surface area contributed by atoms with E-state index in [0.29, 0.717) is 0 Å². The predicted octanol–water partition coefficient (Wildman–Crippen LogP) is 2.07. The van der Waals surface area contributed by atoms with E-state index in [0.717, 1.165) is 12.8 Å². The summed E-state index contributed by atoms with van der Waals surface area (Å²) in [6.07, 6.45) is 3.46. The van der Waals surface area contributed by atoms with E-state index in [1.165, 1.54) is 6.21 Å². The molecule has 0 aromatic heterocycles. The molecule has 0 atom stereocenters. The van der Waals surface area contributed by atoms with Crippen LogP contribution >= 0.6 is 0 Å². The number of nitrogens with one attached hydrogen (secondary N) is 1. The van der Waals surface area contributed by atoms with E-state index < -0.39 is 0 Å². The molecule has 1 heteroatoms. The molecule has 38 valence electrons. The van der Waals surface area contributed by atoms with Crippen LogP contribution in [-0.2, 0) is 0 Å². The van der Waals surface area contributed by atoms with Crippen LogP contribution in [0, 0.1) is 5.41 Å². The summed E-state index contributed by atoms with van der Waals surface area (Å²) >= 11 is 0. The lowest BCUT2D eigenvalue weighted by molar-refractivity contribution is 1.00. The fourth-order valence-corrected chi connectivity index (χ4v) is 0.144. The van der Waals surface area contributed by atoms with Gasteiger partial charge in [-0.2, -0.15) is 0 Å². The molecular weight excluding hydrogens is 74.1 g/mol. The van der Waals surface area contributed by atoms with Crippen LogP contribution in [0.15, 0.2) is 0 Å². The van der Waals surface area contributed by atoms with Gasteiger partial charge in [0.15, 0.2) is 0 Å². The smallest absolute Gasteiger partial charge is 0.00479 e. The van der Waals surface area contributed by atoms with E-state index in [1.807, 2.05) is 0 Å². The molecule has 0 saturated heterocycles. The molecule has 0 unspecified atom stereocenters. The van der Waals surface area contributed by atoms with Crippen molar-refractivity contribution < 1.29 is 0 Å². The monoisotopic (exact) mass is 87.1 g/mol. The average molecular weight is 87.2 g/mol. The Bertz CT molecular complexity index is 25.1. The lowest BCUT2D eigenvalue weighted by Gasteiger charge is -1.71. The van der Waals surface area contributed by atoms with Gasteiger partial charge in [0.1, 0.15) is 0 Å². The molecule has 0 saturated carbocycles.